The summed E-state index contributed by atoms with van der Waals surface area (Å²) in [5, 5.41) is 0. The van der Waals surface area contributed by atoms with E-state index in [4.69, 9.17) is 32.7 Å². The van der Waals surface area contributed by atoms with Gasteiger partial charge >= 0.3 is 0 Å². The molecule has 0 fully saturated rings. The lowest BCUT2D eigenvalue weighted by atomic mass is 10.2. The predicted octanol–water partition coefficient (Wildman–Crippen LogP) is 3.06. The van der Waals surface area contributed by atoms with E-state index in [1.807, 2.05) is 24.3 Å². The first-order chi connectivity index (χ1) is 7.31. The second-order valence-electron chi connectivity index (χ2n) is 3.05. The fourth-order valence-electron chi connectivity index (χ4n) is 1.16. The van der Waals surface area contributed by atoms with E-state index < -0.39 is 0 Å². The smallest absolute Gasteiger partial charge is 0.124 e. The van der Waals surface area contributed by atoms with Crippen molar-refractivity contribution in [1.82, 2.24) is 0 Å². The van der Waals surface area contributed by atoms with Gasteiger partial charge in [0.25, 0.3) is 0 Å². The van der Waals surface area contributed by atoms with Gasteiger partial charge in [0.05, 0.1) is 19.8 Å². The van der Waals surface area contributed by atoms with E-state index in [0.29, 0.717) is 18.4 Å². The van der Waals surface area contributed by atoms with Crippen LogP contribution in [0, 0.1) is 0 Å². The van der Waals surface area contributed by atoms with E-state index in [0.717, 1.165) is 11.3 Å². The number of hydrogen-bond donors (Lipinski definition) is 0. The van der Waals surface area contributed by atoms with E-state index in [-0.39, 0.29) is 6.10 Å². The van der Waals surface area contributed by atoms with Crippen LogP contribution in [0.3, 0.4) is 0 Å². The van der Waals surface area contributed by atoms with Crippen LogP contribution >= 0.6 is 23.2 Å². The average molecular weight is 249 g/mol. The van der Waals surface area contributed by atoms with Gasteiger partial charge in [-0.05, 0) is 6.07 Å². The van der Waals surface area contributed by atoms with Crippen molar-refractivity contribution in [3.63, 3.8) is 0 Å². The number of halogens is 2. The van der Waals surface area contributed by atoms with Crippen molar-refractivity contribution in [3.05, 3.63) is 29.8 Å². The highest BCUT2D eigenvalue weighted by molar-refractivity contribution is 6.21. The second kappa shape index (κ2) is 6.94. The minimum Gasteiger partial charge on any atom is -0.496 e. The molecule has 0 bridgehead atoms. The van der Waals surface area contributed by atoms with Crippen molar-refractivity contribution in [2.75, 3.05) is 18.9 Å². The molecule has 0 N–H and O–H groups in total. The van der Waals surface area contributed by atoms with Gasteiger partial charge in [-0.15, -0.1) is 23.2 Å². The standard InChI is InChI=1S/C11H14Cl2O2/c1-14-11-5-3-2-4-9(11)8-15-10(6-12)7-13/h2-5,10H,6-8H2,1H3. The number of para-hydroxylation sites is 1. The number of benzene rings is 1. The molecule has 1 aromatic rings. The molecule has 0 unspecified atom stereocenters. The van der Waals surface area contributed by atoms with Gasteiger partial charge in [0, 0.05) is 17.3 Å². The van der Waals surface area contributed by atoms with Crippen LogP contribution in [0.2, 0.25) is 0 Å². The zero-order valence-electron chi connectivity index (χ0n) is 8.58. The molecule has 15 heavy (non-hydrogen) atoms. The highest BCUT2D eigenvalue weighted by atomic mass is 35.5. The van der Waals surface area contributed by atoms with Crippen LogP contribution < -0.4 is 4.74 Å². The lowest BCUT2D eigenvalue weighted by Gasteiger charge is -2.13. The van der Waals surface area contributed by atoms with Gasteiger partial charge < -0.3 is 9.47 Å². The molecule has 0 amide bonds. The van der Waals surface area contributed by atoms with Crippen LogP contribution in [0.15, 0.2) is 24.3 Å². The Hall–Kier alpha value is -0.440. The van der Waals surface area contributed by atoms with Gasteiger partial charge in [0.2, 0.25) is 0 Å². The first-order valence-corrected chi connectivity index (χ1v) is 5.74. The summed E-state index contributed by atoms with van der Waals surface area (Å²) in [6.45, 7) is 0.466. The summed E-state index contributed by atoms with van der Waals surface area (Å²) in [6.07, 6.45) is -0.113. The van der Waals surface area contributed by atoms with Gasteiger partial charge in [-0.3, -0.25) is 0 Å². The summed E-state index contributed by atoms with van der Waals surface area (Å²) >= 11 is 11.3. The molecule has 84 valence electrons. The molecule has 4 heteroatoms. The first-order valence-electron chi connectivity index (χ1n) is 4.67. The van der Waals surface area contributed by atoms with E-state index in [1.54, 1.807) is 7.11 Å². The van der Waals surface area contributed by atoms with Crippen LogP contribution in [0.25, 0.3) is 0 Å². The summed E-state index contributed by atoms with van der Waals surface area (Å²) in [7, 11) is 1.64. The minimum absolute atomic E-state index is 0.113. The van der Waals surface area contributed by atoms with Crippen LogP contribution in [0.4, 0.5) is 0 Å². The Kier molecular flexibility index (Phi) is 5.84. The third-order valence-corrected chi connectivity index (χ3v) is 2.70. The molecule has 0 spiro atoms. The van der Waals surface area contributed by atoms with Crippen molar-refractivity contribution in [2.45, 2.75) is 12.7 Å². The number of hydrogen-bond acceptors (Lipinski definition) is 2. The fourth-order valence-corrected chi connectivity index (χ4v) is 1.67. The van der Waals surface area contributed by atoms with E-state index in [1.165, 1.54) is 0 Å². The van der Waals surface area contributed by atoms with Crippen molar-refractivity contribution in [1.29, 1.82) is 0 Å². The second-order valence-corrected chi connectivity index (χ2v) is 3.67. The Morgan fingerprint density at radius 1 is 1.20 bits per heavy atom. The number of rotatable bonds is 6. The summed E-state index contributed by atoms with van der Waals surface area (Å²) in [5.74, 6) is 1.62. The Balaban J connectivity index is 2.56. The highest BCUT2D eigenvalue weighted by Gasteiger charge is 2.08. The third kappa shape index (κ3) is 3.90. The molecule has 0 aliphatic heterocycles. The van der Waals surface area contributed by atoms with E-state index in [2.05, 4.69) is 0 Å². The molecule has 0 aliphatic rings. The predicted molar refractivity (Wildman–Crippen MR) is 63.0 cm³/mol. The van der Waals surface area contributed by atoms with Gasteiger partial charge in [-0.1, -0.05) is 18.2 Å². The van der Waals surface area contributed by atoms with Crippen molar-refractivity contribution >= 4 is 23.2 Å². The highest BCUT2D eigenvalue weighted by Crippen LogP contribution is 2.18. The van der Waals surface area contributed by atoms with Gasteiger partial charge in [-0.2, -0.15) is 0 Å². The first kappa shape index (κ1) is 12.6. The average Bonchev–Trinajstić information content (AvgIpc) is 2.31. The lowest BCUT2D eigenvalue weighted by molar-refractivity contribution is 0.0688. The van der Waals surface area contributed by atoms with Gasteiger partial charge in [0.1, 0.15) is 5.75 Å². The third-order valence-electron chi connectivity index (χ3n) is 2.01. The van der Waals surface area contributed by atoms with Crippen LogP contribution in [-0.2, 0) is 11.3 Å². The molecule has 0 heterocycles. The maximum absolute atomic E-state index is 5.67. The van der Waals surface area contributed by atoms with Crippen molar-refractivity contribution < 1.29 is 9.47 Å². The summed E-state index contributed by atoms with van der Waals surface area (Å²) in [6, 6.07) is 7.72. The monoisotopic (exact) mass is 248 g/mol. The van der Waals surface area contributed by atoms with Crippen LogP contribution in [-0.4, -0.2) is 25.0 Å². The van der Waals surface area contributed by atoms with Gasteiger partial charge in [-0.25, -0.2) is 0 Å². The maximum atomic E-state index is 5.67. The topological polar surface area (TPSA) is 18.5 Å². The molecule has 1 aromatic carbocycles. The molecule has 1 rings (SSSR count). The molecule has 0 aliphatic carbocycles. The molecule has 0 atom stereocenters. The Morgan fingerprint density at radius 2 is 1.87 bits per heavy atom. The van der Waals surface area contributed by atoms with Crippen LogP contribution in [0.5, 0.6) is 5.75 Å². The zero-order valence-corrected chi connectivity index (χ0v) is 10.1. The fraction of sp³-hybridized carbons (Fsp3) is 0.455. The quantitative estimate of drug-likeness (QED) is 0.721. The Morgan fingerprint density at radius 3 is 2.47 bits per heavy atom. The molecule has 0 saturated heterocycles. The number of alkyl halides is 2. The van der Waals surface area contributed by atoms with E-state index >= 15 is 0 Å². The molecular weight excluding hydrogens is 235 g/mol. The minimum atomic E-state index is -0.113. The lowest BCUT2D eigenvalue weighted by Crippen LogP contribution is -2.16. The molecular formula is C11H14Cl2O2. The Labute approximate surface area is 100 Å². The maximum Gasteiger partial charge on any atom is 0.124 e. The van der Waals surface area contributed by atoms with E-state index in [9.17, 15) is 0 Å². The SMILES string of the molecule is COc1ccccc1COC(CCl)CCl. The largest absolute Gasteiger partial charge is 0.496 e. The molecule has 2 nitrogen and oxygen atoms in total. The number of ether oxygens (including phenoxy) is 2. The van der Waals surface area contributed by atoms with Crippen molar-refractivity contribution in [3.8, 4) is 5.75 Å². The normalized spacial score (nSPS) is 10.7. The Bertz CT molecular complexity index is 288. The summed E-state index contributed by atoms with van der Waals surface area (Å²) in [4.78, 5) is 0. The van der Waals surface area contributed by atoms with Gasteiger partial charge in [0.15, 0.2) is 0 Å². The summed E-state index contributed by atoms with van der Waals surface area (Å²) < 4.78 is 10.7. The van der Waals surface area contributed by atoms with Crippen molar-refractivity contribution in [2.24, 2.45) is 0 Å². The molecule has 0 aromatic heterocycles. The molecule has 0 radical (unpaired) electrons. The number of methoxy groups -OCH3 is 1. The molecule has 0 saturated carbocycles. The van der Waals surface area contributed by atoms with Crippen LogP contribution in [0.1, 0.15) is 5.56 Å². The zero-order chi connectivity index (χ0) is 11.1. The summed E-state index contributed by atoms with van der Waals surface area (Å²) in [5.41, 5.74) is 1.00.